The van der Waals surface area contributed by atoms with Crippen LogP contribution < -0.4 is 4.74 Å². The van der Waals surface area contributed by atoms with Gasteiger partial charge in [0.2, 0.25) is 5.91 Å². The van der Waals surface area contributed by atoms with Crippen LogP contribution in [0.15, 0.2) is 60.7 Å². The Morgan fingerprint density at radius 3 is 2.88 bits per heavy atom. The second-order valence-corrected chi connectivity index (χ2v) is 6.15. The number of carbonyl (C=O) groups is 1. The smallest absolute Gasteiger partial charge is 0.246 e. The molecule has 2 aromatic rings. The summed E-state index contributed by atoms with van der Waals surface area (Å²) in [6, 6.07) is 17.8. The van der Waals surface area contributed by atoms with Crippen molar-refractivity contribution in [2.75, 3.05) is 19.7 Å². The van der Waals surface area contributed by atoms with E-state index in [0.29, 0.717) is 26.3 Å². The van der Waals surface area contributed by atoms with Crippen LogP contribution in [0, 0.1) is 0 Å². The van der Waals surface area contributed by atoms with E-state index >= 15 is 0 Å². The summed E-state index contributed by atoms with van der Waals surface area (Å²) in [5.41, 5.74) is 2.07. The van der Waals surface area contributed by atoms with Gasteiger partial charge in [0.1, 0.15) is 12.4 Å². The summed E-state index contributed by atoms with van der Waals surface area (Å²) in [6.07, 6.45) is 3.55. The molecule has 0 spiro atoms. The lowest BCUT2D eigenvalue weighted by molar-refractivity contribution is -0.132. The van der Waals surface area contributed by atoms with Crippen molar-refractivity contribution in [1.82, 2.24) is 4.90 Å². The molecule has 0 radical (unpaired) electrons. The SMILES string of the molecule is C[C@@H]1CN(C(=O)/C=C\c2cccc(OCc3ccccc3)c2)CCO1. The molecule has 1 amide bonds. The van der Waals surface area contributed by atoms with Crippen molar-refractivity contribution in [2.24, 2.45) is 0 Å². The minimum atomic E-state index is 0.0192. The quantitative estimate of drug-likeness (QED) is 0.784. The lowest BCUT2D eigenvalue weighted by atomic mass is 10.2. The van der Waals surface area contributed by atoms with Crippen molar-refractivity contribution in [2.45, 2.75) is 19.6 Å². The topological polar surface area (TPSA) is 38.8 Å². The summed E-state index contributed by atoms with van der Waals surface area (Å²) in [7, 11) is 0. The summed E-state index contributed by atoms with van der Waals surface area (Å²) >= 11 is 0. The van der Waals surface area contributed by atoms with Gasteiger partial charge in [-0.3, -0.25) is 4.79 Å². The summed E-state index contributed by atoms with van der Waals surface area (Å²) in [4.78, 5) is 14.1. The number of benzene rings is 2. The van der Waals surface area contributed by atoms with Crippen LogP contribution in [0.2, 0.25) is 0 Å². The predicted molar refractivity (Wildman–Crippen MR) is 98.2 cm³/mol. The van der Waals surface area contributed by atoms with E-state index in [1.165, 1.54) is 0 Å². The van der Waals surface area contributed by atoms with Crippen molar-refractivity contribution in [3.63, 3.8) is 0 Å². The van der Waals surface area contributed by atoms with Crippen LogP contribution in [0.25, 0.3) is 6.08 Å². The largest absolute Gasteiger partial charge is 0.489 e. The Kier molecular flexibility index (Phi) is 5.86. The zero-order chi connectivity index (χ0) is 17.5. The Hall–Kier alpha value is -2.59. The van der Waals surface area contributed by atoms with E-state index in [1.54, 1.807) is 6.08 Å². The summed E-state index contributed by atoms with van der Waals surface area (Å²) in [6.45, 7) is 4.40. The summed E-state index contributed by atoms with van der Waals surface area (Å²) < 4.78 is 11.3. The standard InChI is InChI=1S/C21H23NO3/c1-17-15-22(12-13-24-17)21(23)11-10-18-8-5-9-20(14-18)25-16-19-6-3-2-4-7-19/h2-11,14,17H,12-13,15-16H2,1H3/b11-10-/t17-/m1/s1. The molecule has 3 rings (SSSR count). The molecule has 0 unspecified atom stereocenters. The highest BCUT2D eigenvalue weighted by Crippen LogP contribution is 2.16. The molecule has 0 N–H and O–H groups in total. The molecule has 1 aliphatic heterocycles. The second-order valence-electron chi connectivity index (χ2n) is 6.15. The third-order valence-electron chi connectivity index (χ3n) is 4.08. The number of carbonyl (C=O) groups excluding carboxylic acids is 1. The molecular weight excluding hydrogens is 314 g/mol. The van der Waals surface area contributed by atoms with Crippen LogP contribution in [-0.2, 0) is 16.1 Å². The molecular formula is C21H23NO3. The average Bonchev–Trinajstić information content (AvgIpc) is 2.66. The van der Waals surface area contributed by atoms with Crippen LogP contribution in [0.1, 0.15) is 18.1 Å². The number of hydrogen-bond acceptors (Lipinski definition) is 3. The van der Waals surface area contributed by atoms with Crippen molar-refractivity contribution in [1.29, 1.82) is 0 Å². The van der Waals surface area contributed by atoms with E-state index in [2.05, 4.69) is 0 Å². The van der Waals surface area contributed by atoms with Crippen LogP contribution >= 0.6 is 0 Å². The van der Waals surface area contributed by atoms with Gasteiger partial charge in [-0.1, -0.05) is 42.5 Å². The fraction of sp³-hybridized carbons (Fsp3) is 0.286. The van der Waals surface area contributed by atoms with Crippen LogP contribution in [0.5, 0.6) is 5.75 Å². The highest BCUT2D eigenvalue weighted by molar-refractivity contribution is 5.91. The summed E-state index contributed by atoms with van der Waals surface area (Å²) in [5, 5.41) is 0. The lowest BCUT2D eigenvalue weighted by Crippen LogP contribution is -2.43. The molecule has 1 aliphatic rings. The van der Waals surface area contributed by atoms with Crippen molar-refractivity contribution >= 4 is 12.0 Å². The predicted octanol–water partition coefficient (Wildman–Crippen LogP) is 3.53. The van der Waals surface area contributed by atoms with Gasteiger partial charge in [0.25, 0.3) is 0 Å². The Balaban J connectivity index is 1.58. The maximum absolute atomic E-state index is 12.3. The van der Waals surface area contributed by atoms with Gasteiger partial charge in [-0.2, -0.15) is 0 Å². The fourth-order valence-electron chi connectivity index (χ4n) is 2.74. The first-order valence-electron chi connectivity index (χ1n) is 8.56. The Morgan fingerprint density at radius 1 is 1.24 bits per heavy atom. The highest BCUT2D eigenvalue weighted by Gasteiger charge is 2.19. The number of hydrogen-bond donors (Lipinski definition) is 0. The number of rotatable bonds is 5. The number of amides is 1. The first-order chi connectivity index (χ1) is 12.2. The van der Waals surface area contributed by atoms with Crippen LogP contribution in [0.4, 0.5) is 0 Å². The molecule has 1 saturated heterocycles. The number of morpholine rings is 1. The zero-order valence-corrected chi connectivity index (χ0v) is 14.4. The van der Waals surface area contributed by atoms with Gasteiger partial charge < -0.3 is 14.4 Å². The molecule has 1 atom stereocenters. The van der Waals surface area contributed by atoms with Gasteiger partial charge >= 0.3 is 0 Å². The molecule has 1 heterocycles. The Labute approximate surface area is 148 Å². The van der Waals surface area contributed by atoms with Gasteiger partial charge in [0.15, 0.2) is 0 Å². The van der Waals surface area contributed by atoms with Gasteiger partial charge in [0, 0.05) is 19.2 Å². The first-order valence-corrected chi connectivity index (χ1v) is 8.56. The third-order valence-corrected chi connectivity index (χ3v) is 4.08. The van der Waals surface area contributed by atoms with Crippen molar-refractivity contribution < 1.29 is 14.3 Å². The molecule has 0 aliphatic carbocycles. The normalized spacial score (nSPS) is 17.6. The lowest BCUT2D eigenvalue weighted by Gasteiger charge is -2.30. The van der Waals surface area contributed by atoms with Gasteiger partial charge in [-0.15, -0.1) is 0 Å². The zero-order valence-electron chi connectivity index (χ0n) is 14.4. The average molecular weight is 337 g/mol. The van der Waals surface area contributed by atoms with E-state index in [9.17, 15) is 4.79 Å². The monoisotopic (exact) mass is 337 g/mol. The molecule has 2 aromatic carbocycles. The molecule has 4 heteroatoms. The van der Waals surface area contributed by atoms with Crippen molar-refractivity contribution in [3.05, 3.63) is 71.8 Å². The van der Waals surface area contributed by atoms with Gasteiger partial charge in [-0.25, -0.2) is 0 Å². The summed E-state index contributed by atoms with van der Waals surface area (Å²) in [5.74, 6) is 0.809. The van der Waals surface area contributed by atoms with Crippen molar-refractivity contribution in [3.8, 4) is 5.75 Å². The number of ether oxygens (including phenoxy) is 2. The molecule has 0 saturated carbocycles. The van der Waals surface area contributed by atoms with E-state index < -0.39 is 0 Å². The van der Waals surface area contributed by atoms with Crippen LogP contribution in [-0.4, -0.2) is 36.6 Å². The van der Waals surface area contributed by atoms with E-state index in [-0.39, 0.29) is 12.0 Å². The minimum absolute atomic E-state index is 0.0192. The van der Waals surface area contributed by atoms with E-state index in [4.69, 9.17) is 9.47 Å². The molecule has 1 fully saturated rings. The molecule has 4 nitrogen and oxygen atoms in total. The maximum Gasteiger partial charge on any atom is 0.246 e. The van der Waals surface area contributed by atoms with Gasteiger partial charge in [0.05, 0.1) is 12.7 Å². The Bertz CT molecular complexity index is 727. The van der Waals surface area contributed by atoms with E-state index in [0.717, 1.165) is 16.9 Å². The third kappa shape index (κ3) is 5.19. The highest BCUT2D eigenvalue weighted by atomic mass is 16.5. The minimum Gasteiger partial charge on any atom is -0.489 e. The fourth-order valence-corrected chi connectivity index (χ4v) is 2.74. The van der Waals surface area contributed by atoms with Gasteiger partial charge in [-0.05, 0) is 36.3 Å². The molecule has 0 aromatic heterocycles. The van der Waals surface area contributed by atoms with E-state index in [1.807, 2.05) is 72.5 Å². The molecule has 130 valence electrons. The first kappa shape index (κ1) is 17.2. The molecule has 0 bridgehead atoms. The number of nitrogens with zero attached hydrogens (tertiary/aromatic N) is 1. The van der Waals surface area contributed by atoms with Crippen LogP contribution in [0.3, 0.4) is 0 Å². The Morgan fingerprint density at radius 2 is 2.08 bits per heavy atom. The second kappa shape index (κ2) is 8.49. The molecule has 25 heavy (non-hydrogen) atoms. The maximum atomic E-state index is 12.3.